The smallest absolute Gasteiger partial charge is 0.225 e. The van der Waals surface area contributed by atoms with Crippen molar-refractivity contribution in [2.75, 3.05) is 18.0 Å². The third kappa shape index (κ3) is 2.40. The Labute approximate surface area is 95.5 Å². The van der Waals surface area contributed by atoms with Gasteiger partial charge in [-0.1, -0.05) is 0 Å². The lowest BCUT2D eigenvalue weighted by molar-refractivity contribution is 0.574. The van der Waals surface area contributed by atoms with Crippen molar-refractivity contribution in [3.63, 3.8) is 0 Å². The predicted molar refractivity (Wildman–Crippen MR) is 62.6 cm³/mol. The van der Waals surface area contributed by atoms with E-state index < -0.39 is 0 Å². The van der Waals surface area contributed by atoms with Crippen LogP contribution < -0.4 is 4.90 Å². The summed E-state index contributed by atoms with van der Waals surface area (Å²) in [5.41, 5.74) is 2.21. The Bertz CT molecular complexity index is 346. The fourth-order valence-corrected chi connectivity index (χ4v) is 1.91. The van der Waals surface area contributed by atoms with Crippen molar-refractivity contribution in [1.29, 1.82) is 0 Å². The van der Waals surface area contributed by atoms with E-state index in [0.717, 1.165) is 43.1 Å². The molecule has 1 aliphatic rings. The number of alkyl halides is 1. The summed E-state index contributed by atoms with van der Waals surface area (Å²) in [6.07, 6.45) is 3.94. The van der Waals surface area contributed by atoms with Crippen molar-refractivity contribution < 1.29 is 0 Å². The second kappa shape index (κ2) is 4.35. The van der Waals surface area contributed by atoms with Gasteiger partial charge in [-0.2, -0.15) is 0 Å². The molecule has 15 heavy (non-hydrogen) atoms. The van der Waals surface area contributed by atoms with Crippen molar-refractivity contribution >= 4 is 17.5 Å². The topological polar surface area (TPSA) is 29.0 Å². The first-order chi connectivity index (χ1) is 7.16. The van der Waals surface area contributed by atoms with Crippen LogP contribution in [0.4, 0.5) is 5.95 Å². The molecule has 1 saturated heterocycles. The van der Waals surface area contributed by atoms with Crippen LogP contribution in [0.15, 0.2) is 6.20 Å². The molecular formula is C11H16ClN3. The second-order valence-electron chi connectivity index (χ2n) is 4.10. The molecule has 0 aliphatic carbocycles. The molecule has 2 rings (SSSR count). The maximum absolute atomic E-state index is 6.06. The lowest BCUT2D eigenvalue weighted by Gasteiger charge is -2.29. The number of piperidine rings is 1. The molecule has 1 aliphatic heterocycles. The maximum Gasteiger partial charge on any atom is 0.225 e. The van der Waals surface area contributed by atoms with Gasteiger partial charge in [0.05, 0.1) is 0 Å². The SMILES string of the molecule is Cc1cnc(N2CCC(Cl)CC2)nc1C. The average Bonchev–Trinajstić information content (AvgIpc) is 2.23. The van der Waals surface area contributed by atoms with E-state index in [1.807, 2.05) is 20.0 Å². The van der Waals surface area contributed by atoms with Crippen molar-refractivity contribution in [2.45, 2.75) is 32.1 Å². The van der Waals surface area contributed by atoms with E-state index in [9.17, 15) is 0 Å². The van der Waals surface area contributed by atoms with E-state index in [2.05, 4.69) is 14.9 Å². The lowest BCUT2D eigenvalue weighted by Crippen LogP contribution is -2.35. The molecular weight excluding hydrogens is 210 g/mol. The number of anilines is 1. The van der Waals surface area contributed by atoms with Gasteiger partial charge in [0.25, 0.3) is 0 Å². The van der Waals surface area contributed by atoms with E-state index in [-0.39, 0.29) is 0 Å². The molecule has 0 spiro atoms. The number of nitrogens with zero attached hydrogens (tertiary/aromatic N) is 3. The number of hydrogen-bond acceptors (Lipinski definition) is 3. The van der Waals surface area contributed by atoms with Crippen LogP contribution in [-0.4, -0.2) is 28.4 Å². The van der Waals surface area contributed by atoms with Gasteiger partial charge in [0, 0.05) is 30.4 Å². The first-order valence-electron chi connectivity index (χ1n) is 5.36. The van der Waals surface area contributed by atoms with E-state index >= 15 is 0 Å². The van der Waals surface area contributed by atoms with E-state index in [4.69, 9.17) is 11.6 Å². The van der Waals surface area contributed by atoms with Crippen LogP contribution in [-0.2, 0) is 0 Å². The van der Waals surface area contributed by atoms with Crippen LogP contribution in [0, 0.1) is 13.8 Å². The standard InChI is InChI=1S/C11H16ClN3/c1-8-7-13-11(14-9(8)2)15-5-3-10(12)4-6-15/h7,10H,3-6H2,1-2H3. The lowest BCUT2D eigenvalue weighted by atomic mass is 10.1. The van der Waals surface area contributed by atoms with Gasteiger partial charge >= 0.3 is 0 Å². The quantitative estimate of drug-likeness (QED) is 0.687. The van der Waals surface area contributed by atoms with Gasteiger partial charge in [-0.15, -0.1) is 11.6 Å². The Morgan fingerprint density at radius 3 is 2.60 bits per heavy atom. The van der Waals surface area contributed by atoms with E-state index in [0.29, 0.717) is 5.38 Å². The van der Waals surface area contributed by atoms with E-state index in [1.54, 1.807) is 0 Å². The van der Waals surface area contributed by atoms with Crippen LogP contribution in [0.2, 0.25) is 0 Å². The minimum absolute atomic E-state index is 0.327. The summed E-state index contributed by atoms with van der Waals surface area (Å²) in [7, 11) is 0. The Morgan fingerprint density at radius 2 is 2.00 bits per heavy atom. The normalized spacial score (nSPS) is 18.2. The number of halogens is 1. The number of rotatable bonds is 1. The zero-order valence-electron chi connectivity index (χ0n) is 9.20. The molecule has 1 aromatic rings. The Kier molecular flexibility index (Phi) is 3.10. The number of aryl methyl sites for hydroxylation is 2. The Morgan fingerprint density at radius 1 is 1.33 bits per heavy atom. The van der Waals surface area contributed by atoms with Crippen molar-refractivity contribution in [3.05, 3.63) is 17.5 Å². The van der Waals surface area contributed by atoms with Crippen LogP contribution in [0.3, 0.4) is 0 Å². The highest BCUT2D eigenvalue weighted by atomic mass is 35.5. The molecule has 1 fully saturated rings. The third-order valence-electron chi connectivity index (χ3n) is 2.92. The highest BCUT2D eigenvalue weighted by Crippen LogP contribution is 2.19. The van der Waals surface area contributed by atoms with Gasteiger partial charge in [0.2, 0.25) is 5.95 Å². The molecule has 0 N–H and O–H groups in total. The van der Waals surface area contributed by atoms with Crippen LogP contribution in [0.1, 0.15) is 24.1 Å². The first-order valence-corrected chi connectivity index (χ1v) is 5.79. The van der Waals surface area contributed by atoms with Gasteiger partial charge in [0.1, 0.15) is 0 Å². The molecule has 0 radical (unpaired) electrons. The molecule has 0 bridgehead atoms. The minimum atomic E-state index is 0.327. The molecule has 3 nitrogen and oxygen atoms in total. The van der Waals surface area contributed by atoms with E-state index in [1.165, 1.54) is 0 Å². The van der Waals surface area contributed by atoms with Crippen LogP contribution >= 0.6 is 11.6 Å². The molecule has 2 heterocycles. The largest absolute Gasteiger partial charge is 0.341 e. The molecule has 0 atom stereocenters. The fourth-order valence-electron chi connectivity index (χ4n) is 1.72. The monoisotopic (exact) mass is 225 g/mol. The highest BCUT2D eigenvalue weighted by molar-refractivity contribution is 6.20. The number of hydrogen-bond donors (Lipinski definition) is 0. The molecule has 0 amide bonds. The van der Waals surface area contributed by atoms with Crippen LogP contribution in [0.25, 0.3) is 0 Å². The van der Waals surface area contributed by atoms with Crippen LogP contribution in [0.5, 0.6) is 0 Å². The molecule has 82 valence electrons. The summed E-state index contributed by atoms with van der Waals surface area (Å²) in [6, 6.07) is 0. The molecule has 0 unspecified atom stereocenters. The molecule has 4 heteroatoms. The minimum Gasteiger partial charge on any atom is -0.341 e. The number of aromatic nitrogens is 2. The average molecular weight is 226 g/mol. The van der Waals surface area contributed by atoms with Gasteiger partial charge < -0.3 is 4.90 Å². The maximum atomic E-state index is 6.06. The van der Waals surface area contributed by atoms with Gasteiger partial charge in [-0.3, -0.25) is 0 Å². The zero-order valence-corrected chi connectivity index (χ0v) is 9.96. The van der Waals surface area contributed by atoms with Crippen molar-refractivity contribution in [2.24, 2.45) is 0 Å². The molecule has 0 aromatic carbocycles. The fraction of sp³-hybridized carbons (Fsp3) is 0.636. The molecule has 0 saturated carbocycles. The second-order valence-corrected chi connectivity index (χ2v) is 4.72. The predicted octanol–water partition coefficient (Wildman–Crippen LogP) is 2.30. The van der Waals surface area contributed by atoms with Crippen molar-refractivity contribution in [1.82, 2.24) is 9.97 Å². The summed E-state index contributed by atoms with van der Waals surface area (Å²) < 4.78 is 0. The summed E-state index contributed by atoms with van der Waals surface area (Å²) in [4.78, 5) is 11.1. The molecule has 1 aromatic heterocycles. The summed E-state index contributed by atoms with van der Waals surface area (Å²) in [5.74, 6) is 0.849. The Hall–Kier alpha value is -0.830. The van der Waals surface area contributed by atoms with Gasteiger partial charge in [-0.05, 0) is 32.3 Å². The Balaban J connectivity index is 2.12. The zero-order chi connectivity index (χ0) is 10.8. The third-order valence-corrected chi connectivity index (χ3v) is 3.36. The summed E-state index contributed by atoms with van der Waals surface area (Å²) in [6.45, 7) is 5.99. The van der Waals surface area contributed by atoms with Crippen molar-refractivity contribution in [3.8, 4) is 0 Å². The summed E-state index contributed by atoms with van der Waals surface area (Å²) in [5, 5.41) is 0.327. The first kappa shape index (κ1) is 10.7. The van der Waals surface area contributed by atoms with Gasteiger partial charge in [0.15, 0.2) is 0 Å². The highest BCUT2D eigenvalue weighted by Gasteiger charge is 2.19. The van der Waals surface area contributed by atoms with Gasteiger partial charge in [-0.25, -0.2) is 9.97 Å². The summed E-state index contributed by atoms with van der Waals surface area (Å²) >= 11 is 6.06.